The Kier molecular flexibility index (Phi) is 5.23. The number of hydrogen-bond donors (Lipinski definition) is 2. The van der Waals surface area contributed by atoms with Crippen molar-refractivity contribution in [2.75, 3.05) is 25.0 Å². The van der Waals surface area contributed by atoms with Crippen molar-refractivity contribution >= 4 is 11.6 Å². The van der Waals surface area contributed by atoms with E-state index in [9.17, 15) is 9.90 Å². The summed E-state index contributed by atoms with van der Waals surface area (Å²) in [4.78, 5) is 14.2. The summed E-state index contributed by atoms with van der Waals surface area (Å²) in [5, 5.41) is 13.1. The van der Waals surface area contributed by atoms with E-state index in [-0.39, 0.29) is 18.4 Å². The number of amides is 1. The molecule has 0 aliphatic carbocycles. The maximum Gasteiger partial charge on any atom is 0.223 e. The number of carbonyl (C=O) groups is 1. The number of likely N-dealkylation sites (N-methyl/N-ethyl adjacent to an activating group) is 1. The van der Waals surface area contributed by atoms with Gasteiger partial charge in [-0.3, -0.25) is 4.79 Å². The number of fused-ring (bicyclic) bond motifs is 1. The summed E-state index contributed by atoms with van der Waals surface area (Å²) >= 11 is 0. The van der Waals surface area contributed by atoms with Gasteiger partial charge in [0.1, 0.15) is 0 Å². The highest BCUT2D eigenvalue weighted by Crippen LogP contribution is 2.29. The van der Waals surface area contributed by atoms with E-state index in [1.54, 1.807) is 0 Å². The van der Waals surface area contributed by atoms with Gasteiger partial charge in [-0.25, -0.2) is 0 Å². The highest BCUT2D eigenvalue weighted by Gasteiger charge is 2.19. The van der Waals surface area contributed by atoms with Crippen LogP contribution >= 0.6 is 0 Å². The van der Waals surface area contributed by atoms with Gasteiger partial charge < -0.3 is 15.3 Å². The van der Waals surface area contributed by atoms with Crippen LogP contribution in [0.15, 0.2) is 18.2 Å². The first kappa shape index (κ1) is 15.8. The van der Waals surface area contributed by atoms with Gasteiger partial charge in [-0.1, -0.05) is 26.0 Å². The molecule has 1 heterocycles. The van der Waals surface area contributed by atoms with Crippen LogP contribution in [0, 0.1) is 5.92 Å². The minimum absolute atomic E-state index is 0.0416. The highest BCUT2D eigenvalue weighted by atomic mass is 16.3. The van der Waals surface area contributed by atoms with Gasteiger partial charge in [0.2, 0.25) is 5.91 Å². The lowest BCUT2D eigenvalue weighted by atomic mass is 10.0. The Bertz CT molecular complexity index is 498. The lowest BCUT2D eigenvalue weighted by Crippen LogP contribution is -2.33. The van der Waals surface area contributed by atoms with E-state index in [0.29, 0.717) is 0 Å². The van der Waals surface area contributed by atoms with Gasteiger partial charge in [-0.05, 0) is 36.5 Å². The Morgan fingerprint density at radius 3 is 2.76 bits per heavy atom. The molecular formula is C17H26N2O2. The fraction of sp³-hybridized carbons (Fsp3) is 0.588. The first-order chi connectivity index (χ1) is 10.1. The van der Waals surface area contributed by atoms with Crippen molar-refractivity contribution in [3.63, 3.8) is 0 Å². The fourth-order valence-corrected chi connectivity index (χ4v) is 2.91. The second kappa shape index (κ2) is 6.94. The van der Waals surface area contributed by atoms with E-state index in [4.69, 9.17) is 0 Å². The van der Waals surface area contributed by atoms with E-state index >= 15 is 0 Å². The van der Waals surface area contributed by atoms with E-state index in [1.807, 2.05) is 19.9 Å². The summed E-state index contributed by atoms with van der Waals surface area (Å²) in [5.74, 6) is 0.0887. The number of aliphatic hydroxyl groups excluding tert-OH is 1. The Labute approximate surface area is 127 Å². The van der Waals surface area contributed by atoms with Crippen LogP contribution in [0.25, 0.3) is 0 Å². The second-order valence-corrected chi connectivity index (χ2v) is 5.83. The van der Waals surface area contributed by atoms with Gasteiger partial charge in [0.05, 0.1) is 6.10 Å². The number of nitrogens with zero attached hydrogens (tertiary/aromatic N) is 1. The van der Waals surface area contributed by atoms with Crippen molar-refractivity contribution < 1.29 is 9.90 Å². The number of anilines is 1. The quantitative estimate of drug-likeness (QED) is 0.845. The summed E-state index contributed by atoms with van der Waals surface area (Å²) in [6.07, 6.45) is 2.05. The van der Waals surface area contributed by atoms with Gasteiger partial charge in [0, 0.05) is 31.7 Å². The summed E-state index contributed by atoms with van der Waals surface area (Å²) in [6, 6.07) is 6.07. The van der Waals surface area contributed by atoms with Crippen molar-refractivity contribution in [2.24, 2.45) is 5.92 Å². The highest BCUT2D eigenvalue weighted by molar-refractivity contribution is 5.78. The standard InChI is InChI=1S/C17H26N2O2/c1-4-12(5-2)17(21)18-11-16(20)14-6-7-15-13(10-14)8-9-19(15)3/h6-7,10,12,16,20H,4-5,8-9,11H2,1-3H3,(H,18,21). The molecule has 1 aliphatic rings. The van der Waals surface area contributed by atoms with Crippen molar-refractivity contribution in [2.45, 2.75) is 39.2 Å². The van der Waals surface area contributed by atoms with Crippen LogP contribution < -0.4 is 10.2 Å². The molecule has 0 bridgehead atoms. The molecule has 4 heteroatoms. The van der Waals surface area contributed by atoms with Crippen LogP contribution in [0.1, 0.15) is 43.9 Å². The maximum atomic E-state index is 11.9. The number of nitrogens with one attached hydrogen (secondary N) is 1. The largest absolute Gasteiger partial charge is 0.387 e. The molecule has 2 N–H and O–H groups in total. The Hall–Kier alpha value is -1.55. The first-order valence-corrected chi connectivity index (χ1v) is 7.86. The molecule has 21 heavy (non-hydrogen) atoms. The molecule has 1 aliphatic heterocycles. The van der Waals surface area contributed by atoms with Crippen LogP contribution in [0.2, 0.25) is 0 Å². The molecule has 0 saturated heterocycles. The number of rotatable bonds is 6. The molecule has 0 saturated carbocycles. The summed E-state index contributed by atoms with van der Waals surface area (Å²) in [7, 11) is 2.08. The normalized spacial score (nSPS) is 15.2. The smallest absolute Gasteiger partial charge is 0.223 e. The third-order valence-corrected chi connectivity index (χ3v) is 4.44. The van der Waals surface area contributed by atoms with E-state index in [2.05, 4.69) is 29.4 Å². The summed E-state index contributed by atoms with van der Waals surface area (Å²) in [5.41, 5.74) is 3.40. The minimum Gasteiger partial charge on any atom is -0.387 e. The van der Waals surface area contributed by atoms with Gasteiger partial charge in [-0.2, -0.15) is 0 Å². The van der Waals surface area contributed by atoms with Gasteiger partial charge in [0.25, 0.3) is 0 Å². The van der Waals surface area contributed by atoms with Crippen LogP contribution in [-0.4, -0.2) is 31.2 Å². The van der Waals surface area contributed by atoms with Crippen molar-refractivity contribution in [3.8, 4) is 0 Å². The van der Waals surface area contributed by atoms with Crippen LogP contribution in [0.3, 0.4) is 0 Å². The van der Waals surface area contributed by atoms with Crippen molar-refractivity contribution in [1.82, 2.24) is 5.32 Å². The molecule has 1 amide bonds. The van der Waals surface area contributed by atoms with Crippen molar-refractivity contribution in [3.05, 3.63) is 29.3 Å². The predicted octanol–water partition coefficient (Wildman–Crippen LogP) is 2.26. The maximum absolute atomic E-state index is 11.9. The lowest BCUT2D eigenvalue weighted by molar-refractivity contribution is -0.125. The van der Waals surface area contributed by atoms with E-state index < -0.39 is 6.10 Å². The third kappa shape index (κ3) is 3.56. The van der Waals surface area contributed by atoms with Crippen LogP contribution in [-0.2, 0) is 11.2 Å². The molecule has 0 aromatic heterocycles. The van der Waals surface area contributed by atoms with Gasteiger partial charge in [-0.15, -0.1) is 0 Å². The lowest BCUT2D eigenvalue weighted by Gasteiger charge is -2.17. The Morgan fingerprint density at radius 1 is 1.38 bits per heavy atom. The molecule has 1 unspecified atom stereocenters. The molecule has 1 atom stereocenters. The second-order valence-electron chi connectivity index (χ2n) is 5.83. The average molecular weight is 290 g/mol. The molecule has 0 radical (unpaired) electrons. The molecule has 1 aromatic carbocycles. The average Bonchev–Trinajstić information content (AvgIpc) is 2.87. The topological polar surface area (TPSA) is 52.6 Å². The summed E-state index contributed by atoms with van der Waals surface area (Å²) < 4.78 is 0. The molecule has 0 fully saturated rings. The molecule has 1 aromatic rings. The SMILES string of the molecule is CCC(CC)C(=O)NCC(O)c1ccc2c(c1)CCN2C. The number of aliphatic hydroxyl groups is 1. The van der Waals surface area contributed by atoms with Gasteiger partial charge >= 0.3 is 0 Å². The van der Waals surface area contributed by atoms with Crippen molar-refractivity contribution in [1.29, 1.82) is 0 Å². The predicted molar refractivity (Wildman–Crippen MR) is 85.5 cm³/mol. The number of hydrogen-bond acceptors (Lipinski definition) is 3. The monoisotopic (exact) mass is 290 g/mol. The van der Waals surface area contributed by atoms with Crippen LogP contribution in [0.5, 0.6) is 0 Å². The zero-order chi connectivity index (χ0) is 15.4. The number of benzene rings is 1. The Balaban J connectivity index is 1.95. The first-order valence-electron chi connectivity index (χ1n) is 7.86. The van der Waals surface area contributed by atoms with E-state index in [0.717, 1.165) is 31.4 Å². The Morgan fingerprint density at radius 2 is 2.10 bits per heavy atom. The third-order valence-electron chi connectivity index (χ3n) is 4.44. The molecule has 2 rings (SSSR count). The number of carbonyl (C=O) groups excluding carboxylic acids is 1. The molecular weight excluding hydrogens is 264 g/mol. The fourth-order valence-electron chi connectivity index (χ4n) is 2.91. The molecule has 4 nitrogen and oxygen atoms in total. The van der Waals surface area contributed by atoms with Gasteiger partial charge in [0.15, 0.2) is 0 Å². The van der Waals surface area contributed by atoms with E-state index in [1.165, 1.54) is 11.3 Å². The summed E-state index contributed by atoms with van der Waals surface area (Å²) in [6.45, 7) is 5.34. The zero-order valence-electron chi connectivity index (χ0n) is 13.2. The molecule has 0 spiro atoms. The zero-order valence-corrected chi connectivity index (χ0v) is 13.2. The minimum atomic E-state index is -0.639. The van der Waals surface area contributed by atoms with Crippen LogP contribution in [0.4, 0.5) is 5.69 Å². The molecule has 116 valence electrons.